The van der Waals surface area contributed by atoms with Crippen LogP contribution < -0.4 is 4.74 Å². The Morgan fingerprint density at radius 3 is 2.44 bits per heavy atom. The molecule has 2 aromatic carbocycles. The summed E-state index contributed by atoms with van der Waals surface area (Å²) in [4.78, 5) is 13.6. The number of carboxylic acid groups (broad SMARTS) is 1. The second-order valence-electron chi connectivity index (χ2n) is 7.84. The highest BCUT2D eigenvalue weighted by atomic mass is 32.1. The summed E-state index contributed by atoms with van der Waals surface area (Å²) in [5.74, 6) is 0.514. The Balaban J connectivity index is 1.39. The van der Waals surface area contributed by atoms with Gasteiger partial charge in [-0.25, -0.2) is 9.48 Å². The summed E-state index contributed by atoms with van der Waals surface area (Å²) < 4.78 is 12.9. The number of nitrogens with zero attached hydrogens (tertiary/aromatic N) is 4. The van der Waals surface area contributed by atoms with E-state index in [4.69, 9.17) is 9.47 Å². The van der Waals surface area contributed by atoms with Crippen LogP contribution >= 0.6 is 11.3 Å². The number of tetrazole rings is 1. The molecule has 0 amide bonds. The number of benzene rings is 2. The number of rotatable bonds is 10. The van der Waals surface area contributed by atoms with E-state index in [1.54, 1.807) is 22.9 Å². The normalized spacial score (nSPS) is 12.0. The van der Waals surface area contributed by atoms with Crippen molar-refractivity contribution in [1.29, 1.82) is 0 Å². The van der Waals surface area contributed by atoms with Crippen LogP contribution in [0.5, 0.6) is 5.75 Å². The van der Waals surface area contributed by atoms with Crippen molar-refractivity contribution in [3.05, 3.63) is 70.6 Å². The molecule has 0 aliphatic carbocycles. The fourth-order valence-corrected chi connectivity index (χ4v) is 4.66. The molecule has 4 rings (SSSR count). The Kier molecular flexibility index (Phi) is 7.34. The minimum Gasteiger partial charge on any atom is -0.488 e. The molecule has 176 valence electrons. The van der Waals surface area contributed by atoms with E-state index < -0.39 is 12.1 Å². The molecule has 0 radical (unpaired) electrons. The molecule has 2 heterocycles. The van der Waals surface area contributed by atoms with E-state index in [9.17, 15) is 9.90 Å². The lowest BCUT2D eigenvalue weighted by molar-refractivity contribution is -0.149. The van der Waals surface area contributed by atoms with Crippen molar-refractivity contribution < 1.29 is 19.4 Å². The topological polar surface area (TPSA) is 99.4 Å². The summed E-state index contributed by atoms with van der Waals surface area (Å²) in [5, 5.41) is 20.9. The summed E-state index contributed by atoms with van der Waals surface area (Å²) >= 11 is 1.71. The minimum atomic E-state index is -0.952. The van der Waals surface area contributed by atoms with E-state index in [-0.39, 0.29) is 0 Å². The second-order valence-corrected chi connectivity index (χ2v) is 8.98. The molecule has 0 aliphatic heterocycles. The quantitative estimate of drug-likeness (QED) is 0.358. The number of aryl methyl sites for hydroxylation is 2. The first-order valence-electron chi connectivity index (χ1n) is 10.9. The lowest BCUT2D eigenvalue weighted by atomic mass is 10.1. The molecule has 0 saturated carbocycles. The minimum absolute atomic E-state index is 0.322. The summed E-state index contributed by atoms with van der Waals surface area (Å²) in [7, 11) is 1.82. The van der Waals surface area contributed by atoms with Crippen molar-refractivity contribution >= 4 is 17.3 Å². The van der Waals surface area contributed by atoms with Gasteiger partial charge in [0, 0.05) is 35.4 Å². The third kappa shape index (κ3) is 5.49. The molecule has 0 fully saturated rings. The van der Waals surface area contributed by atoms with E-state index in [0.717, 1.165) is 33.1 Å². The SMILES string of the molecule is CCOC(Cc1ccc(OCc2sc(-c3ccc(-c4nnnn4C)cc3)cc2C)cc1)C(=O)O. The van der Waals surface area contributed by atoms with E-state index in [1.807, 2.05) is 43.4 Å². The van der Waals surface area contributed by atoms with Crippen LogP contribution in [0.15, 0.2) is 54.6 Å². The van der Waals surface area contributed by atoms with Gasteiger partial charge in [0.05, 0.1) is 0 Å². The molecule has 34 heavy (non-hydrogen) atoms. The standard InChI is InChI=1S/C25H26N4O4S/c1-4-32-21(25(30)31)14-17-5-11-20(12-6-17)33-15-23-16(2)13-22(34-23)18-7-9-19(10-8-18)24-26-27-28-29(24)3/h5-13,21H,4,14-15H2,1-3H3,(H,30,31). The van der Waals surface area contributed by atoms with Crippen LogP contribution in [0.4, 0.5) is 0 Å². The van der Waals surface area contributed by atoms with Crippen LogP contribution in [-0.4, -0.2) is 44.0 Å². The van der Waals surface area contributed by atoms with E-state index >= 15 is 0 Å². The highest BCUT2D eigenvalue weighted by Gasteiger charge is 2.18. The molecule has 1 atom stereocenters. The third-order valence-corrected chi connectivity index (χ3v) is 6.69. The van der Waals surface area contributed by atoms with E-state index in [2.05, 4.69) is 40.6 Å². The molecule has 9 heteroatoms. The summed E-state index contributed by atoms with van der Waals surface area (Å²) in [5.41, 5.74) is 4.17. The molecule has 2 aromatic heterocycles. The second kappa shape index (κ2) is 10.6. The summed E-state index contributed by atoms with van der Waals surface area (Å²) in [6.07, 6.45) is -0.516. The van der Waals surface area contributed by atoms with Gasteiger partial charge in [-0.3, -0.25) is 0 Å². The van der Waals surface area contributed by atoms with E-state index in [0.29, 0.717) is 19.6 Å². The Bertz CT molecular complexity index is 1250. The van der Waals surface area contributed by atoms with Crippen molar-refractivity contribution in [3.63, 3.8) is 0 Å². The molecule has 1 unspecified atom stereocenters. The molecule has 0 spiro atoms. The van der Waals surface area contributed by atoms with Crippen molar-refractivity contribution in [3.8, 4) is 27.6 Å². The highest BCUT2D eigenvalue weighted by Crippen LogP contribution is 2.33. The van der Waals surface area contributed by atoms with Gasteiger partial charge in [0.25, 0.3) is 0 Å². The number of aromatic nitrogens is 4. The van der Waals surface area contributed by atoms with Gasteiger partial charge in [-0.1, -0.05) is 36.4 Å². The lowest BCUT2D eigenvalue weighted by Gasteiger charge is -2.13. The fourth-order valence-electron chi connectivity index (χ4n) is 3.57. The molecule has 0 aliphatic rings. The average Bonchev–Trinajstić information content (AvgIpc) is 3.43. The maximum absolute atomic E-state index is 11.3. The predicted octanol–water partition coefficient (Wildman–Crippen LogP) is 4.53. The maximum atomic E-state index is 11.3. The van der Waals surface area contributed by atoms with Gasteiger partial charge < -0.3 is 14.6 Å². The van der Waals surface area contributed by atoms with Gasteiger partial charge in [0.2, 0.25) is 0 Å². The first-order chi connectivity index (χ1) is 16.4. The highest BCUT2D eigenvalue weighted by molar-refractivity contribution is 7.15. The van der Waals surface area contributed by atoms with Gasteiger partial charge >= 0.3 is 5.97 Å². The van der Waals surface area contributed by atoms with E-state index in [1.165, 1.54) is 10.4 Å². The molecular formula is C25H26N4O4S. The number of carbonyl (C=O) groups is 1. The molecule has 0 bridgehead atoms. The Labute approximate surface area is 201 Å². The number of carboxylic acids is 1. The molecular weight excluding hydrogens is 452 g/mol. The zero-order valence-electron chi connectivity index (χ0n) is 19.3. The van der Waals surface area contributed by atoms with Crippen molar-refractivity contribution in [2.45, 2.75) is 33.0 Å². The predicted molar refractivity (Wildman–Crippen MR) is 130 cm³/mol. The monoisotopic (exact) mass is 478 g/mol. The van der Waals surface area contributed by atoms with Gasteiger partial charge in [-0.05, 0) is 59.2 Å². The number of aliphatic carboxylic acids is 1. The van der Waals surface area contributed by atoms with Gasteiger partial charge in [0.15, 0.2) is 11.9 Å². The van der Waals surface area contributed by atoms with Gasteiger partial charge in [0.1, 0.15) is 12.4 Å². The molecule has 8 nitrogen and oxygen atoms in total. The average molecular weight is 479 g/mol. The first-order valence-corrected chi connectivity index (χ1v) is 11.7. The summed E-state index contributed by atoms with van der Waals surface area (Å²) in [6.45, 7) is 4.71. The maximum Gasteiger partial charge on any atom is 0.333 e. The van der Waals surface area contributed by atoms with Crippen LogP contribution in [0.1, 0.15) is 22.9 Å². The lowest BCUT2D eigenvalue weighted by Crippen LogP contribution is -2.26. The molecule has 0 saturated heterocycles. The molecule has 1 N–H and O–H groups in total. The Hall–Kier alpha value is -3.56. The van der Waals surface area contributed by atoms with Crippen molar-refractivity contribution in [1.82, 2.24) is 20.2 Å². The Morgan fingerprint density at radius 1 is 1.12 bits per heavy atom. The zero-order chi connectivity index (χ0) is 24.1. The van der Waals surface area contributed by atoms with Crippen molar-refractivity contribution in [2.24, 2.45) is 7.05 Å². The summed E-state index contributed by atoms with van der Waals surface area (Å²) in [6, 6.07) is 17.9. The number of thiophene rings is 1. The number of hydrogen-bond acceptors (Lipinski definition) is 7. The van der Waals surface area contributed by atoms with Crippen LogP contribution in [0.3, 0.4) is 0 Å². The first kappa shape index (κ1) is 23.6. The van der Waals surface area contributed by atoms with Crippen molar-refractivity contribution in [2.75, 3.05) is 6.61 Å². The van der Waals surface area contributed by atoms with Crippen LogP contribution in [0.2, 0.25) is 0 Å². The number of hydrogen-bond donors (Lipinski definition) is 1. The fraction of sp³-hybridized carbons (Fsp3) is 0.280. The largest absolute Gasteiger partial charge is 0.488 e. The van der Waals surface area contributed by atoms with Gasteiger partial charge in [-0.15, -0.1) is 16.4 Å². The smallest absolute Gasteiger partial charge is 0.333 e. The number of ether oxygens (including phenoxy) is 2. The Morgan fingerprint density at radius 2 is 1.82 bits per heavy atom. The molecule has 4 aromatic rings. The van der Waals surface area contributed by atoms with Crippen LogP contribution in [0, 0.1) is 6.92 Å². The zero-order valence-corrected chi connectivity index (χ0v) is 20.1. The van der Waals surface area contributed by atoms with Crippen LogP contribution in [-0.2, 0) is 29.6 Å². The third-order valence-electron chi connectivity index (χ3n) is 5.43. The van der Waals surface area contributed by atoms with Crippen LogP contribution in [0.25, 0.3) is 21.8 Å². The van der Waals surface area contributed by atoms with Gasteiger partial charge in [-0.2, -0.15) is 0 Å².